The number of phenolic OH excluding ortho intramolecular Hbond substituents is 1. The summed E-state index contributed by atoms with van der Waals surface area (Å²) >= 11 is 0. The van der Waals surface area contributed by atoms with Crippen LogP contribution in [0.4, 0.5) is 45.5 Å². The number of aromatic hydroxyl groups is 1. The van der Waals surface area contributed by atoms with Crippen molar-refractivity contribution >= 4 is 76.5 Å². The Kier molecular flexibility index (Phi) is 8.79. The number of azo groups is 3. The molecule has 0 bridgehead atoms. The summed E-state index contributed by atoms with van der Waals surface area (Å²) in [7, 11) is -10.2. The fourth-order valence-electron chi connectivity index (χ4n) is 4.16. The van der Waals surface area contributed by atoms with E-state index in [4.69, 9.17) is 5.73 Å². The number of fused-ring (bicyclic) bond motifs is 1. The van der Waals surface area contributed by atoms with Gasteiger partial charge in [-0.05, 0) is 66.0 Å². The second-order valence-corrected chi connectivity index (χ2v) is 12.3. The number of non-ortho nitro benzene ring substituents is 1. The molecule has 0 atom stereocenters. The van der Waals surface area contributed by atoms with E-state index < -0.39 is 57.8 Å². The Labute approximate surface area is 265 Å². The summed E-state index contributed by atoms with van der Waals surface area (Å²) < 4.78 is 68.9. The molecule has 0 unspecified atom stereocenters. The normalized spacial score (nSPS) is 12.5. The van der Waals surface area contributed by atoms with Gasteiger partial charge in [0.25, 0.3) is 25.9 Å². The van der Waals surface area contributed by atoms with Gasteiger partial charge < -0.3 is 10.8 Å². The van der Waals surface area contributed by atoms with Gasteiger partial charge in [0.05, 0.1) is 38.7 Å². The lowest BCUT2D eigenvalue weighted by Crippen LogP contribution is -2.03. The molecule has 0 aromatic heterocycles. The summed E-state index contributed by atoms with van der Waals surface area (Å²) in [5.74, 6) is -0.932. The zero-order valence-corrected chi connectivity index (χ0v) is 25.1. The second-order valence-electron chi connectivity index (χ2n) is 9.48. The topological polar surface area (TPSA) is 272 Å². The highest BCUT2D eigenvalue weighted by Crippen LogP contribution is 2.48. The van der Waals surface area contributed by atoms with Gasteiger partial charge in [-0.25, -0.2) is 0 Å². The van der Waals surface area contributed by atoms with Crippen LogP contribution in [-0.4, -0.2) is 36.0 Å². The van der Waals surface area contributed by atoms with E-state index in [9.17, 15) is 41.2 Å². The Bertz CT molecular complexity index is 2330. The van der Waals surface area contributed by atoms with Gasteiger partial charge in [0.1, 0.15) is 21.2 Å². The van der Waals surface area contributed by atoms with Crippen molar-refractivity contribution in [2.75, 3.05) is 5.73 Å². The number of nitrogens with zero attached hydrogens (tertiary/aromatic N) is 7. The second kappa shape index (κ2) is 12.8. The number of nitrogens with two attached hydrogens (primary N) is 1. The third-order valence-electron chi connectivity index (χ3n) is 6.35. The van der Waals surface area contributed by atoms with Gasteiger partial charge in [-0.3, -0.25) is 19.2 Å². The standard InChI is InChI=1S/C28H20N8O9S2/c29-25-24-16(14-22(46(40,41)42)26(25)34-32-20-10-12-21(13-11-20)36(38)39)15-23(47(43,44)45)27(28(24)37)35-33-19-8-6-18(7-9-19)31-30-17-4-2-1-3-5-17/h1-15,37H,29H2,(H,40,41,42)(H,43,44,45). The molecule has 0 fully saturated rings. The molecule has 0 aliphatic carbocycles. The summed E-state index contributed by atoms with van der Waals surface area (Å²) in [4.78, 5) is 8.38. The molecular weight excluding hydrogens is 656 g/mol. The highest BCUT2D eigenvalue weighted by atomic mass is 32.2. The van der Waals surface area contributed by atoms with Gasteiger partial charge in [0.2, 0.25) is 0 Å². The number of benzene rings is 5. The van der Waals surface area contributed by atoms with Gasteiger partial charge in [-0.1, -0.05) is 18.2 Å². The molecule has 17 nitrogen and oxygen atoms in total. The highest BCUT2D eigenvalue weighted by molar-refractivity contribution is 7.86. The van der Waals surface area contributed by atoms with Crippen molar-refractivity contribution in [2.24, 2.45) is 30.7 Å². The smallest absolute Gasteiger partial charge is 0.296 e. The molecular formula is C28H20N8O9S2. The Morgan fingerprint density at radius 2 is 1.02 bits per heavy atom. The van der Waals surface area contributed by atoms with Crippen molar-refractivity contribution in [2.45, 2.75) is 9.79 Å². The minimum Gasteiger partial charge on any atom is -0.505 e. The zero-order valence-electron chi connectivity index (χ0n) is 23.5. The number of nitrogen functional groups attached to an aromatic ring is 1. The maximum absolute atomic E-state index is 12.3. The van der Waals surface area contributed by atoms with Crippen LogP contribution in [0.1, 0.15) is 0 Å². The Morgan fingerprint density at radius 3 is 1.49 bits per heavy atom. The molecule has 0 amide bonds. The number of anilines is 1. The predicted molar refractivity (Wildman–Crippen MR) is 168 cm³/mol. The lowest BCUT2D eigenvalue weighted by molar-refractivity contribution is -0.384. The van der Waals surface area contributed by atoms with E-state index in [1.165, 1.54) is 24.3 Å². The minimum absolute atomic E-state index is 0.0318. The SMILES string of the molecule is Nc1c(N=Nc2ccc([N+](=O)[O-])cc2)c(S(=O)(=O)O)cc2cc(S(=O)(=O)O)c(N=Nc3ccc(N=Nc4ccccc4)cc3)c(O)c12. The quantitative estimate of drug-likeness (QED) is 0.0386. The van der Waals surface area contributed by atoms with E-state index in [-0.39, 0.29) is 27.8 Å². The summed E-state index contributed by atoms with van der Waals surface area (Å²) in [6.45, 7) is 0. The lowest BCUT2D eigenvalue weighted by Gasteiger charge is -2.14. The van der Waals surface area contributed by atoms with Crippen LogP contribution in [0.2, 0.25) is 0 Å². The third kappa shape index (κ3) is 7.28. The fourth-order valence-corrected chi connectivity index (χ4v) is 5.49. The third-order valence-corrected chi connectivity index (χ3v) is 8.08. The molecule has 238 valence electrons. The molecule has 0 spiro atoms. The molecule has 5 aromatic carbocycles. The van der Waals surface area contributed by atoms with Crippen LogP contribution in [0.5, 0.6) is 5.75 Å². The average molecular weight is 677 g/mol. The van der Waals surface area contributed by atoms with Gasteiger partial charge in [0.15, 0.2) is 5.75 Å². The van der Waals surface area contributed by atoms with Crippen LogP contribution in [0, 0.1) is 10.1 Å². The Balaban J connectivity index is 1.60. The first-order valence-electron chi connectivity index (χ1n) is 12.9. The van der Waals surface area contributed by atoms with Crippen LogP contribution in [0.15, 0.2) is 131 Å². The summed E-state index contributed by atoms with van der Waals surface area (Å²) in [6, 6.07) is 21.2. The van der Waals surface area contributed by atoms with Gasteiger partial charge >= 0.3 is 0 Å². The van der Waals surface area contributed by atoms with Gasteiger partial charge in [-0.2, -0.15) is 37.3 Å². The lowest BCUT2D eigenvalue weighted by atomic mass is 10.1. The number of rotatable bonds is 9. The Hall–Kier alpha value is -6.02. The van der Waals surface area contributed by atoms with Gasteiger partial charge in [0, 0.05) is 12.1 Å². The summed E-state index contributed by atoms with van der Waals surface area (Å²) in [6.07, 6.45) is 0. The van der Waals surface area contributed by atoms with Crippen LogP contribution in [0.25, 0.3) is 10.8 Å². The molecule has 0 aliphatic rings. The highest BCUT2D eigenvalue weighted by Gasteiger charge is 2.28. The number of nitro benzene ring substituents is 1. The van der Waals surface area contributed by atoms with Crippen molar-refractivity contribution in [3.63, 3.8) is 0 Å². The molecule has 0 saturated carbocycles. The van der Waals surface area contributed by atoms with Crippen LogP contribution < -0.4 is 5.73 Å². The monoisotopic (exact) mass is 676 g/mol. The first-order valence-corrected chi connectivity index (χ1v) is 15.8. The van der Waals surface area contributed by atoms with E-state index >= 15 is 0 Å². The van der Waals surface area contributed by atoms with Crippen molar-refractivity contribution < 1.29 is 36.0 Å². The average Bonchev–Trinajstić information content (AvgIpc) is 3.02. The maximum atomic E-state index is 12.3. The van der Waals surface area contributed by atoms with Crippen molar-refractivity contribution in [3.8, 4) is 5.75 Å². The van der Waals surface area contributed by atoms with Crippen molar-refractivity contribution in [1.82, 2.24) is 0 Å². The zero-order chi connectivity index (χ0) is 33.9. The van der Waals surface area contributed by atoms with Crippen molar-refractivity contribution in [1.29, 1.82) is 0 Å². The Morgan fingerprint density at radius 1 is 0.617 bits per heavy atom. The summed E-state index contributed by atoms with van der Waals surface area (Å²) in [5, 5.41) is 44.9. The molecule has 0 aliphatic heterocycles. The molecule has 0 heterocycles. The molecule has 19 heteroatoms. The first kappa shape index (κ1) is 32.4. The largest absolute Gasteiger partial charge is 0.505 e. The number of hydrogen-bond donors (Lipinski definition) is 4. The number of nitro groups is 1. The first-order chi connectivity index (χ1) is 22.2. The minimum atomic E-state index is -5.10. The van der Waals surface area contributed by atoms with E-state index in [1.54, 1.807) is 36.4 Å². The predicted octanol–water partition coefficient (Wildman–Crippen LogP) is 7.78. The molecule has 0 radical (unpaired) electrons. The van der Waals surface area contributed by atoms with Crippen molar-refractivity contribution in [3.05, 3.63) is 101 Å². The molecule has 0 saturated heterocycles. The summed E-state index contributed by atoms with van der Waals surface area (Å²) in [5.41, 5.74) is 5.24. The van der Waals surface area contributed by atoms with E-state index in [2.05, 4.69) is 30.7 Å². The fraction of sp³-hybridized carbons (Fsp3) is 0. The van der Waals surface area contributed by atoms with Crippen LogP contribution >= 0.6 is 0 Å². The van der Waals surface area contributed by atoms with Crippen LogP contribution in [0.3, 0.4) is 0 Å². The van der Waals surface area contributed by atoms with E-state index in [0.717, 1.165) is 24.3 Å². The van der Waals surface area contributed by atoms with E-state index in [1.807, 2.05) is 6.07 Å². The van der Waals surface area contributed by atoms with Crippen LogP contribution in [-0.2, 0) is 20.2 Å². The molecule has 5 N–H and O–H groups in total. The number of phenols is 1. The molecule has 47 heavy (non-hydrogen) atoms. The molecule has 5 rings (SSSR count). The van der Waals surface area contributed by atoms with Gasteiger partial charge in [-0.15, -0.1) is 10.2 Å². The maximum Gasteiger partial charge on any atom is 0.296 e. The van der Waals surface area contributed by atoms with E-state index in [0.29, 0.717) is 11.4 Å². The molecule has 5 aromatic rings. The number of hydrogen-bond acceptors (Lipinski definition) is 14.